The zero-order valence-electron chi connectivity index (χ0n) is 18.9. The van der Waals surface area contributed by atoms with Crippen LogP contribution in [-0.4, -0.2) is 52.5 Å². The highest BCUT2D eigenvalue weighted by Crippen LogP contribution is 2.37. The van der Waals surface area contributed by atoms with Crippen molar-refractivity contribution in [2.24, 2.45) is 5.92 Å². The second-order valence-electron chi connectivity index (χ2n) is 8.38. The minimum absolute atomic E-state index is 0.250. The Morgan fingerprint density at radius 2 is 2.03 bits per heavy atom. The first kappa shape index (κ1) is 22.9. The summed E-state index contributed by atoms with van der Waals surface area (Å²) in [6, 6.07) is 8.49. The van der Waals surface area contributed by atoms with Gasteiger partial charge in [-0.3, -0.25) is 0 Å². The van der Waals surface area contributed by atoms with Gasteiger partial charge in [0.25, 0.3) is 0 Å². The van der Waals surface area contributed by atoms with Crippen LogP contribution in [0.15, 0.2) is 24.3 Å². The van der Waals surface area contributed by atoms with Crippen LogP contribution in [0.1, 0.15) is 44.7 Å². The van der Waals surface area contributed by atoms with Crippen molar-refractivity contribution in [1.29, 1.82) is 0 Å². The highest BCUT2D eigenvalue weighted by atomic mass is 32.1. The van der Waals surface area contributed by atoms with Gasteiger partial charge < -0.3 is 20.5 Å². The summed E-state index contributed by atoms with van der Waals surface area (Å²) in [6.07, 6.45) is 5.05. The van der Waals surface area contributed by atoms with Gasteiger partial charge >= 0.3 is 0 Å². The molecule has 2 heterocycles. The monoisotopic (exact) mass is 455 g/mol. The van der Waals surface area contributed by atoms with Crippen LogP contribution in [0.4, 0.5) is 11.8 Å². The van der Waals surface area contributed by atoms with E-state index in [0.717, 1.165) is 84.2 Å². The van der Waals surface area contributed by atoms with Crippen LogP contribution in [0, 0.1) is 12.8 Å². The summed E-state index contributed by atoms with van der Waals surface area (Å²) in [5.74, 6) is 1.84. The second-order valence-corrected chi connectivity index (χ2v) is 9.41. The van der Waals surface area contributed by atoms with Crippen molar-refractivity contribution in [2.45, 2.75) is 52.0 Å². The number of aromatic nitrogens is 3. The van der Waals surface area contributed by atoms with Gasteiger partial charge in [0.1, 0.15) is 10.8 Å². The normalized spacial score (nSPS) is 18.3. The van der Waals surface area contributed by atoms with Gasteiger partial charge in [-0.25, -0.2) is 9.97 Å². The van der Waals surface area contributed by atoms with Crippen LogP contribution in [-0.2, 0) is 4.74 Å². The molecule has 2 atom stereocenters. The summed E-state index contributed by atoms with van der Waals surface area (Å²) in [7, 11) is 0. The van der Waals surface area contributed by atoms with Gasteiger partial charge in [0.2, 0.25) is 5.95 Å². The molecule has 0 aliphatic heterocycles. The zero-order chi connectivity index (χ0) is 22.3. The van der Waals surface area contributed by atoms with Crippen LogP contribution in [0.25, 0.3) is 20.8 Å². The molecule has 1 fully saturated rings. The minimum Gasteiger partial charge on any atom is -0.396 e. The number of nitrogens with zero attached hydrogens (tertiary/aromatic N) is 3. The third kappa shape index (κ3) is 5.54. The van der Waals surface area contributed by atoms with Crippen molar-refractivity contribution in [3.63, 3.8) is 0 Å². The molecule has 2 unspecified atom stereocenters. The van der Waals surface area contributed by atoms with E-state index < -0.39 is 0 Å². The van der Waals surface area contributed by atoms with Gasteiger partial charge in [-0.2, -0.15) is 4.98 Å². The Hall–Kier alpha value is -2.29. The fourth-order valence-corrected chi connectivity index (χ4v) is 5.29. The number of fused-ring (bicyclic) bond motifs is 1. The van der Waals surface area contributed by atoms with Crippen molar-refractivity contribution in [3.05, 3.63) is 30.0 Å². The fraction of sp³-hybridized carbons (Fsp3) is 0.542. The Morgan fingerprint density at radius 1 is 1.16 bits per heavy atom. The van der Waals surface area contributed by atoms with Crippen molar-refractivity contribution < 1.29 is 9.84 Å². The average Bonchev–Trinajstić information content (AvgIpc) is 3.42. The maximum Gasteiger partial charge on any atom is 0.224 e. The summed E-state index contributed by atoms with van der Waals surface area (Å²) >= 11 is 1.67. The van der Waals surface area contributed by atoms with Gasteiger partial charge in [0.15, 0.2) is 0 Å². The lowest BCUT2D eigenvalue weighted by Crippen LogP contribution is -2.19. The third-order valence-corrected chi connectivity index (χ3v) is 6.99. The van der Waals surface area contributed by atoms with Crippen molar-refractivity contribution in [2.75, 3.05) is 37.0 Å². The minimum atomic E-state index is 0.250. The number of ether oxygens (including phenoxy) is 1. The Balaban J connectivity index is 1.57. The molecule has 3 aromatic rings. The maximum absolute atomic E-state index is 9.55. The Bertz CT molecular complexity index is 992. The molecule has 1 aliphatic carbocycles. The van der Waals surface area contributed by atoms with E-state index in [2.05, 4.69) is 16.7 Å². The van der Waals surface area contributed by atoms with Crippen LogP contribution >= 0.6 is 11.3 Å². The summed E-state index contributed by atoms with van der Waals surface area (Å²) in [5, 5.41) is 17.5. The van der Waals surface area contributed by atoms with E-state index in [1.165, 1.54) is 0 Å². The van der Waals surface area contributed by atoms with Crippen LogP contribution in [0.3, 0.4) is 0 Å². The second kappa shape index (κ2) is 11.0. The Morgan fingerprint density at radius 3 is 2.81 bits per heavy atom. The quantitative estimate of drug-likeness (QED) is 0.356. The number of para-hydroxylation sites is 1. The van der Waals surface area contributed by atoms with Crippen molar-refractivity contribution in [3.8, 4) is 10.6 Å². The lowest BCUT2D eigenvalue weighted by atomic mass is 10.1. The van der Waals surface area contributed by atoms with E-state index in [-0.39, 0.29) is 6.61 Å². The van der Waals surface area contributed by atoms with Crippen LogP contribution in [0.2, 0.25) is 0 Å². The molecule has 0 amide bonds. The molecule has 1 aromatic carbocycles. The molecule has 8 heteroatoms. The first-order valence-corrected chi connectivity index (χ1v) is 12.4. The van der Waals surface area contributed by atoms with E-state index >= 15 is 0 Å². The van der Waals surface area contributed by atoms with Crippen LogP contribution < -0.4 is 10.6 Å². The first-order valence-electron chi connectivity index (χ1n) is 11.6. The smallest absolute Gasteiger partial charge is 0.224 e. The van der Waals surface area contributed by atoms with Crippen molar-refractivity contribution >= 4 is 33.3 Å². The summed E-state index contributed by atoms with van der Waals surface area (Å²) in [5.41, 5.74) is 2.88. The number of benzene rings is 1. The van der Waals surface area contributed by atoms with E-state index in [1.54, 1.807) is 11.3 Å². The molecule has 2 aromatic heterocycles. The maximum atomic E-state index is 9.55. The number of thiazole rings is 1. The van der Waals surface area contributed by atoms with Crippen molar-refractivity contribution in [1.82, 2.24) is 15.0 Å². The highest BCUT2D eigenvalue weighted by Gasteiger charge is 2.26. The average molecular weight is 456 g/mol. The molecule has 0 spiro atoms. The molecule has 1 aliphatic rings. The predicted octanol–water partition coefficient (Wildman–Crippen LogP) is 4.86. The Labute approximate surface area is 193 Å². The molecule has 172 valence electrons. The number of aliphatic hydroxyl groups excluding tert-OH is 1. The largest absolute Gasteiger partial charge is 0.396 e. The standard InChI is InChI=1S/C24H33N5O2S/c1-3-31-13-7-6-12-25-24-26-16(2)21(23-28-19-8-4-5-9-20(19)32-23)22(29-24)27-18-11-10-17(14-18)15-30/h4-5,8-9,17-18,30H,3,6-7,10-15H2,1-2H3,(H2,25,26,27,29). The number of nitrogens with one attached hydrogen (secondary N) is 2. The molecule has 7 nitrogen and oxygen atoms in total. The van der Waals surface area contributed by atoms with Gasteiger partial charge in [-0.05, 0) is 64.0 Å². The number of unbranched alkanes of at least 4 members (excludes halogenated alkanes) is 1. The molecule has 0 bridgehead atoms. The molecule has 32 heavy (non-hydrogen) atoms. The Kier molecular flexibility index (Phi) is 7.89. The topological polar surface area (TPSA) is 92.2 Å². The van der Waals surface area contributed by atoms with Gasteiger partial charge in [0.05, 0.1) is 21.5 Å². The van der Waals surface area contributed by atoms with Gasteiger partial charge in [0, 0.05) is 32.4 Å². The molecule has 0 saturated heterocycles. The van der Waals surface area contributed by atoms with E-state index in [9.17, 15) is 5.11 Å². The van der Waals surface area contributed by atoms with E-state index in [1.807, 2.05) is 32.0 Å². The van der Waals surface area contributed by atoms with E-state index in [0.29, 0.717) is 17.9 Å². The number of rotatable bonds is 11. The number of aryl methyl sites for hydroxylation is 1. The zero-order valence-corrected chi connectivity index (χ0v) is 19.7. The van der Waals surface area contributed by atoms with Gasteiger partial charge in [-0.15, -0.1) is 11.3 Å². The molecule has 3 N–H and O–H groups in total. The number of hydrogen-bond donors (Lipinski definition) is 3. The highest BCUT2D eigenvalue weighted by molar-refractivity contribution is 7.21. The SMILES string of the molecule is CCOCCCCNc1nc(C)c(-c2nc3ccccc3s2)c(NC2CCC(CO)C2)n1. The number of hydrogen-bond acceptors (Lipinski definition) is 8. The summed E-state index contributed by atoms with van der Waals surface area (Å²) in [4.78, 5) is 14.5. The summed E-state index contributed by atoms with van der Waals surface area (Å²) < 4.78 is 6.57. The van der Waals surface area contributed by atoms with E-state index in [4.69, 9.17) is 19.7 Å². The first-order chi connectivity index (χ1) is 15.7. The lowest BCUT2D eigenvalue weighted by Gasteiger charge is -2.18. The lowest BCUT2D eigenvalue weighted by molar-refractivity contribution is 0.144. The molecular weight excluding hydrogens is 422 g/mol. The predicted molar refractivity (Wildman–Crippen MR) is 131 cm³/mol. The third-order valence-electron chi connectivity index (χ3n) is 5.94. The molecular formula is C24H33N5O2S. The molecule has 1 saturated carbocycles. The number of anilines is 2. The van der Waals surface area contributed by atoms with Gasteiger partial charge in [-0.1, -0.05) is 12.1 Å². The number of aliphatic hydroxyl groups is 1. The van der Waals surface area contributed by atoms with Crippen LogP contribution in [0.5, 0.6) is 0 Å². The summed E-state index contributed by atoms with van der Waals surface area (Å²) in [6.45, 7) is 6.65. The molecule has 4 rings (SSSR count). The fourth-order valence-electron chi connectivity index (χ4n) is 4.23. The molecule has 0 radical (unpaired) electrons.